The highest BCUT2D eigenvalue weighted by molar-refractivity contribution is 5.91. The van der Waals surface area contributed by atoms with Gasteiger partial charge >= 0.3 is 5.69 Å². The molecule has 0 aliphatic heterocycles. The molecule has 1 aliphatic carbocycles. The molecule has 0 radical (unpaired) electrons. The van der Waals surface area contributed by atoms with Crippen LogP contribution in [-0.4, -0.2) is 34.3 Å². The summed E-state index contributed by atoms with van der Waals surface area (Å²) in [6.07, 6.45) is 6.03. The fourth-order valence-electron chi connectivity index (χ4n) is 3.06. The molecule has 138 valence electrons. The number of nitro benzene ring substituents is 1. The van der Waals surface area contributed by atoms with Crippen molar-refractivity contribution in [1.82, 2.24) is 9.78 Å². The second-order valence-corrected chi connectivity index (χ2v) is 6.03. The highest BCUT2D eigenvalue weighted by atomic mass is 16.6. The minimum Gasteiger partial charge on any atom is -0.496 e. The van der Waals surface area contributed by atoms with Crippen molar-refractivity contribution >= 4 is 17.4 Å². The van der Waals surface area contributed by atoms with Gasteiger partial charge in [0.25, 0.3) is 5.91 Å². The number of nitrogens with one attached hydrogen (secondary N) is 1. The van der Waals surface area contributed by atoms with Crippen LogP contribution in [0.1, 0.15) is 31.7 Å². The van der Waals surface area contributed by atoms with E-state index < -0.39 is 10.8 Å². The normalized spacial score (nSPS) is 14.2. The van der Waals surface area contributed by atoms with Gasteiger partial charge in [0, 0.05) is 6.07 Å². The van der Waals surface area contributed by atoms with Crippen LogP contribution in [0.2, 0.25) is 0 Å². The lowest BCUT2D eigenvalue weighted by atomic mass is 10.2. The van der Waals surface area contributed by atoms with Gasteiger partial charge in [-0.05, 0) is 25.0 Å². The first-order valence-electron chi connectivity index (χ1n) is 8.37. The van der Waals surface area contributed by atoms with E-state index in [1.54, 1.807) is 12.3 Å². The predicted octanol–water partition coefficient (Wildman–Crippen LogP) is 2.93. The third-order valence-corrected chi connectivity index (χ3v) is 4.33. The lowest BCUT2D eigenvalue weighted by molar-refractivity contribution is -0.385. The maximum Gasteiger partial charge on any atom is 0.314 e. The minimum absolute atomic E-state index is 0.00949. The summed E-state index contributed by atoms with van der Waals surface area (Å²) in [5, 5.41) is 18.2. The Morgan fingerprint density at radius 3 is 2.85 bits per heavy atom. The molecule has 1 aromatic heterocycles. The van der Waals surface area contributed by atoms with Crippen LogP contribution in [-0.2, 0) is 4.79 Å². The van der Waals surface area contributed by atoms with E-state index in [1.165, 1.54) is 25.3 Å². The summed E-state index contributed by atoms with van der Waals surface area (Å²) < 4.78 is 12.1. The number of nitro groups is 1. The summed E-state index contributed by atoms with van der Waals surface area (Å²) in [5.41, 5.74) is -0.256. The molecule has 3 rings (SSSR count). The molecule has 26 heavy (non-hydrogen) atoms. The van der Waals surface area contributed by atoms with Crippen molar-refractivity contribution in [2.75, 3.05) is 19.0 Å². The van der Waals surface area contributed by atoms with Crippen LogP contribution in [0.15, 0.2) is 30.5 Å². The number of hydrogen-bond donors (Lipinski definition) is 1. The molecule has 1 aromatic carbocycles. The van der Waals surface area contributed by atoms with Crippen LogP contribution in [0, 0.1) is 10.1 Å². The van der Waals surface area contributed by atoms with Crippen LogP contribution in [0.25, 0.3) is 0 Å². The van der Waals surface area contributed by atoms with Gasteiger partial charge in [0.05, 0.1) is 30.3 Å². The second kappa shape index (κ2) is 7.85. The minimum atomic E-state index is -0.578. The van der Waals surface area contributed by atoms with Gasteiger partial charge < -0.3 is 14.8 Å². The van der Waals surface area contributed by atoms with Crippen molar-refractivity contribution < 1.29 is 19.2 Å². The fourth-order valence-corrected chi connectivity index (χ4v) is 3.06. The molecule has 0 saturated heterocycles. The van der Waals surface area contributed by atoms with Crippen LogP contribution in [0.4, 0.5) is 11.5 Å². The average Bonchev–Trinajstić information content (AvgIpc) is 3.31. The summed E-state index contributed by atoms with van der Waals surface area (Å²) in [7, 11) is 1.42. The number of amides is 1. The topological polar surface area (TPSA) is 109 Å². The molecule has 1 saturated carbocycles. The smallest absolute Gasteiger partial charge is 0.314 e. The number of ether oxygens (including phenoxy) is 2. The maximum atomic E-state index is 12.2. The van der Waals surface area contributed by atoms with Gasteiger partial charge in [0.2, 0.25) is 0 Å². The lowest BCUT2D eigenvalue weighted by Gasteiger charge is -2.15. The van der Waals surface area contributed by atoms with E-state index in [4.69, 9.17) is 9.47 Å². The number of anilines is 1. The zero-order chi connectivity index (χ0) is 18.5. The van der Waals surface area contributed by atoms with Gasteiger partial charge in [-0.2, -0.15) is 5.10 Å². The zero-order valence-corrected chi connectivity index (χ0v) is 14.4. The van der Waals surface area contributed by atoms with Crippen molar-refractivity contribution in [2.45, 2.75) is 31.7 Å². The summed E-state index contributed by atoms with van der Waals surface area (Å²) >= 11 is 0. The highest BCUT2D eigenvalue weighted by Gasteiger charge is 2.21. The number of rotatable bonds is 7. The van der Waals surface area contributed by atoms with Crippen LogP contribution < -0.4 is 14.8 Å². The molecule has 9 heteroatoms. The zero-order valence-electron chi connectivity index (χ0n) is 14.4. The Labute approximate surface area is 150 Å². The van der Waals surface area contributed by atoms with Crippen molar-refractivity contribution in [2.24, 2.45) is 0 Å². The number of hydrogen-bond acceptors (Lipinski definition) is 6. The molecular formula is C17H20N4O5. The first-order valence-corrected chi connectivity index (χ1v) is 8.37. The molecule has 2 aromatic rings. The van der Waals surface area contributed by atoms with Crippen LogP contribution in [0.5, 0.6) is 11.5 Å². The number of methoxy groups -OCH3 is 1. The van der Waals surface area contributed by atoms with Gasteiger partial charge in [-0.1, -0.05) is 12.8 Å². The summed E-state index contributed by atoms with van der Waals surface area (Å²) in [6, 6.07) is 6.22. The Morgan fingerprint density at radius 1 is 1.38 bits per heavy atom. The molecule has 1 fully saturated rings. The molecular weight excluding hydrogens is 340 g/mol. The molecule has 0 bridgehead atoms. The summed E-state index contributed by atoms with van der Waals surface area (Å²) in [5.74, 6) is 0.550. The standard InChI is InChI=1S/C17H20N4O5/c1-25-13-6-7-15(14(10-13)21(23)24)26-11-17(22)19-16-8-9-18-20(16)12-4-2-3-5-12/h6-10,12H,2-5,11H2,1H3,(H,19,22). The SMILES string of the molecule is COc1ccc(OCC(=O)Nc2ccnn2C2CCCC2)c([N+](=O)[O-])c1. The third-order valence-electron chi connectivity index (χ3n) is 4.33. The highest BCUT2D eigenvalue weighted by Crippen LogP contribution is 2.32. The summed E-state index contributed by atoms with van der Waals surface area (Å²) in [4.78, 5) is 22.7. The lowest BCUT2D eigenvalue weighted by Crippen LogP contribution is -2.23. The van der Waals surface area contributed by atoms with Crippen LogP contribution >= 0.6 is 0 Å². The van der Waals surface area contributed by atoms with Crippen molar-refractivity contribution in [3.8, 4) is 11.5 Å². The number of aromatic nitrogens is 2. The predicted molar refractivity (Wildman–Crippen MR) is 93.5 cm³/mol. The molecule has 1 amide bonds. The Balaban J connectivity index is 1.63. The molecule has 0 unspecified atom stereocenters. The van der Waals surface area contributed by atoms with Crippen molar-refractivity contribution in [3.05, 3.63) is 40.6 Å². The average molecular weight is 360 g/mol. The van der Waals surface area contributed by atoms with E-state index in [0.717, 1.165) is 25.7 Å². The number of benzene rings is 1. The van der Waals surface area contributed by atoms with E-state index >= 15 is 0 Å². The Kier molecular flexibility index (Phi) is 5.35. The number of nitrogens with zero attached hydrogens (tertiary/aromatic N) is 3. The quantitative estimate of drug-likeness (QED) is 0.601. The molecule has 1 N–H and O–H groups in total. The molecule has 1 aliphatic rings. The molecule has 9 nitrogen and oxygen atoms in total. The Morgan fingerprint density at radius 2 is 2.15 bits per heavy atom. The maximum absolute atomic E-state index is 12.2. The van der Waals surface area contributed by atoms with Crippen LogP contribution in [0.3, 0.4) is 0 Å². The summed E-state index contributed by atoms with van der Waals surface area (Å²) in [6.45, 7) is -0.344. The monoisotopic (exact) mass is 360 g/mol. The number of carbonyl (C=O) groups excluding carboxylic acids is 1. The van der Waals surface area contributed by atoms with E-state index in [2.05, 4.69) is 10.4 Å². The van der Waals surface area contributed by atoms with Gasteiger partial charge in [0.1, 0.15) is 11.6 Å². The molecule has 1 heterocycles. The fraction of sp³-hybridized carbons (Fsp3) is 0.412. The van der Waals surface area contributed by atoms with E-state index in [-0.39, 0.29) is 18.0 Å². The first-order chi connectivity index (χ1) is 12.6. The van der Waals surface area contributed by atoms with Crippen molar-refractivity contribution in [3.63, 3.8) is 0 Å². The Bertz CT molecular complexity index is 798. The first kappa shape index (κ1) is 17.7. The third kappa shape index (κ3) is 3.93. The second-order valence-electron chi connectivity index (χ2n) is 6.03. The van der Waals surface area contributed by atoms with Gasteiger partial charge in [-0.3, -0.25) is 14.9 Å². The van der Waals surface area contributed by atoms with Gasteiger partial charge in [0.15, 0.2) is 12.4 Å². The van der Waals surface area contributed by atoms with Crippen molar-refractivity contribution in [1.29, 1.82) is 0 Å². The number of carbonyl (C=O) groups is 1. The van der Waals surface area contributed by atoms with E-state index in [9.17, 15) is 14.9 Å². The molecule has 0 atom stereocenters. The van der Waals surface area contributed by atoms with Gasteiger partial charge in [-0.15, -0.1) is 0 Å². The van der Waals surface area contributed by atoms with E-state index in [0.29, 0.717) is 17.6 Å². The Hall–Kier alpha value is -3.10. The molecule has 0 spiro atoms. The van der Waals surface area contributed by atoms with Gasteiger partial charge in [-0.25, -0.2) is 4.68 Å². The van der Waals surface area contributed by atoms with E-state index in [1.807, 2.05) is 4.68 Å². The largest absolute Gasteiger partial charge is 0.496 e.